The van der Waals surface area contributed by atoms with E-state index in [1.165, 1.54) is 0 Å². The molecule has 2 unspecified atom stereocenters. The smallest absolute Gasteiger partial charge is 0.329 e. The number of hydrogen-bond acceptors (Lipinski definition) is 3. The van der Waals surface area contributed by atoms with Gasteiger partial charge < -0.3 is 10.2 Å². The van der Waals surface area contributed by atoms with Crippen molar-refractivity contribution < 1.29 is 24.6 Å². The molecular formula is C12H16O5. The van der Waals surface area contributed by atoms with Crippen LogP contribution in [0.25, 0.3) is 0 Å². The van der Waals surface area contributed by atoms with Gasteiger partial charge in [0.2, 0.25) is 5.41 Å². The van der Waals surface area contributed by atoms with Crippen LogP contribution in [0.5, 0.6) is 0 Å². The van der Waals surface area contributed by atoms with E-state index in [9.17, 15) is 24.6 Å². The number of aliphatic carboxylic acids is 2. The summed E-state index contributed by atoms with van der Waals surface area (Å²) in [7, 11) is 0. The highest BCUT2D eigenvalue weighted by atomic mass is 16.4. The predicted octanol–water partition coefficient (Wildman–Crippen LogP) is 1.17. The number of carbonyl (C=O) groups excluding carboxylic acids is 1. The van der Waals surface area contributed by atoms with Crippen LogP contribution in [0.4, 0.5) is 0 Å². The van der Waals surface area contributed by atoms with Gasteiger partial charge in [0.15, 0.2) is 5.78 Å². The summed E-state index contributed by atoms with van der Waals surface area (Å²) in [6.07, 6.45) is 1.06. The zero-order chi connectivity index (χ0) is 13.2. The zero-order valence-electron chi connectivity index (χ0n) is 10.1. The van der Waals surface area contributed by atoms with Gasteiger partial charge in [-0.1, -0.05) is 20.8 Å². The second kappa shape index (κ2) is 2.89. The Labute approximate surface area is 98.8 Å². The van der Waals surface area contributed by atoms with E-state index < -0.39 is 39.9 Å². The maximum Gasteiger partial charge on any atom is 0.329 e. The second-order valence-corrected chi connectivity index (χ2v) is 5.89. The van der Waals surface area contributed by atoms with Gasteiger partial charge in [0.05, 0.1) is 0 Å². The molecule has 0 amide bonds. The molecule has 0 aromatic rings. The number of fused-ring (bicyclic) bond motifs is 2. The van der Waals surface area contributed by atoms with E-state index in [0.29, 0.717) is 12.8 Å². The molecule has 0 spiro atoms. The number of carboxylic acids is 2. The molecule has 2 fully saturated rings. The lowest BCUT2D eigenvalue weighted by Crippen LogP contribution is -2.52. The average molecular weight is 240 g/mol. The summed E-state index contributed by atoms with van der Waals surface area (Å²) in [5.74, 6) is -4.29. The van der Waals surface area contributed by atoms with Crippen molar-refractivity contribution in [1.82, 2.24) is 0 Å². The molecule has 2 aliphatic carbocycles. The molecule has 2 aliphatic rings. The second-order valence-electron chi connectivity index (χ2n) is 5.89. The lowest BCUT2D eigenvalue weighted by molar-refractivity contribution is -0.173. The molecule has 2 rings (SSSR count). The summed E-state index contributed by atoms with van der Waals surface area (Å²) in [5, 5.41) is 18.5. The highest BCUT2D eigenvalue weighted by Gasteiger charge is 2.79. The summed E-state index contributed by atoms with van der Waals surface area (Å²) < 4.78 is 0. The van der Waals surface area contributed by atoms with Gasteiger partial charge in [-0.15, -0.1) is 0 Å². The zero-order valence-corrected chi connectivity index (χ0v) is 10.1. The topological polar surface area (TPSA) is 91.7 Å². The van der Waals surface area contributed by atoms with Crippen molar-refractivity contribution in [3.8, 4) is 0 Å². The Bertz CT molecular complexity index is 422. The van der Waals surface area contributed by atoms with Crippen LogP contribution in [0, 0.1) is 22.2 Å². The molecule has 0 aromatic heterocycles. The molecule has 0 radical (unpaired) electrons. The van der Waals surface area contributed by atoms with Crippen LogP contribution >= 0.6 is 0 Å². The first kappa shape index (κ1) is 12.1. The number of Topliss-reactive ketones (excluding diaryl/α,β-unsaturated/α-hetero) is 1. The summed E-state index contributed by atoms with van der Waals surface area (Å²) in [5.41, 5.74) is -3.66. The predicted molar refractivity (Wildman–Crippen MR) is 57.3 cm³/mol. The third kappa shape index (κ3) is 0.944. The Morgan fingerprint density at radius 2 is 1.65 bits per heavy atom. The van der Waals surface area contributed by atoms with Crippen molar-refractivity contribution in [2.45, 2.75) is 33.6 Å². The fraction of sp³-hybridized carbons (Fsp3) is 0.750. The molecule has 5 heteroatoms. The number of rotatable bonds is 2. The molecule has 5 nitrogen and oxygen atoms in total. The van der Waals surface area contributed by atoms with Gasteiger partial charge in [0.25, 0.3) is 0 Å². The standard InChI is InChI=1S/C12H16O5/c1-10(2)6-4-5-11(10,3)7(13)12(6,8(14)15)9(16)17/h6H,4-5H2,1-3H3,(H,14,15)(H,16,17). The van der Waals surface area contributed by atoms with Crippen LogP contribution in [0.3, 0.4) is 0 Å². The SMILES string of the molecule is CC12CCC(C(C(=O)O)(C(=O)O)C1=O)C2(C)C. The van der Waals surface area contributed by atoms with Crippen LogP contribution in [0.1, 0.15) is 33.6 Å². The van der Waals surface area contributed by atoms with Crippen molar-refractivity contribution in [2.75, 3.05) is 0 Å². The van der Waals surface area contributed by atoms with Crippen LogP contribution in [0.2, 0.25) is 0 Å². The van der Waals surface area contributed by atoms with Crippen molar-refractivity contribution in [3.05, 3.63) is 0 Å². The van der Waals surface area contributed by atoms with Crippen molar-refractivity contribution >= 4 is 17.7 Å². The third-order valence-corrected chi connectivity index (χ3v) is 5.28. The van der Waals surface area contributed by atoms with Crippen LogP contribution in [0.15, 0.2) is 0 Å². The Hall–Kier alpha value is -1.39. The highest BCUT2D eigenvalue weighted by Crippen LogP contribution is 2.70. The molecule has 0 saturated heterocycles. The van der Waals surface area contributed by atoms with Gasteiger partial charge in [0.1, 0.15) is 0 Å². The lowest BCUT2D eigenvalue weighted by atomic mass is 9.69. The molecule has 0 heterocycles. The Balaban J connectivity index is 2.72. The van der Waals surface area contributed by atoms with E-state index in [2.05, 4.69) is 0 Å². The molecule has 94 valence electrons. The van der Waals surface area contributed by atoms with Gasteiger partial charge in [-0.25, -0.2) is 0 Å². The van der Waals surface area contributed by atoms with E-state index in [0.717, 1.165) is 0 Å². The van der Waals surface area contributed by atoms with Gasteiger partial charge >= 0.3 is 11.9 Å². The average Bonchev–Trinajstić information content (AvgIpc) is 2.48. The Morgan fingerprint density at radius 3 is 1.88 bits per heavy atom. The fourth-order valence-corrected chi connectivity index (χ4v) is 3.84. The first-order chi connectivity index (χ1) is 7.63. The largest absolute Gasteiger partial charge is 0.480 e. The summed E-state index contributed by atoms with van der Waals surface area (Å²) >= 11 is 0. The number of ketones is 1. The van der Waals surface area contributed by atoms with E-state index in [4.69, 9.17) is 0 Å². The fourth-order valence-electron chi connectivity index (χ4n) is 3.84. The molecule has 17 heavy (non-hydrogen) atoms. The van der Waals surface area contributed by atoms with E-state index in [1.807, 2.05) is 0 Å². The van der Waals surface area contributed by atoms with E-state index in [-0.39, 0.29) is 0 Å². The first-order valence-corrected chi connectivity index (χ1v) is 5.65. The third-order valence-electron chi connectivity index (χ3n) is 5.28. The molecular weight excluding hydrogens is 224 g/mol. The minimum absolute atomic E-state index is 0.480. The molecule has 2 N–H and O–H groups in total. The van der Waals surface area contributed by atoms with Crippen LogP contribution < -0.4 is 0 Å². The molecule has 0 aromatic carbocycles. The summed E-state index contributed by atoms with van der Waals surface area (Å²) in [4.78, 5) is 35.1. The first-order valence-electron chi connectivity index (χ1n) is 5.65. The highest BCUT2D eigenvalue weighted by molar-refractivity contribution is 6.23. The number of carboxylic acid groups (broad SMARTS) is 2. The van der Waals surface area contributed by atoms with Crippen molar-refractivity contribution in [1.29, 1.82) is 0 Å². The Morgan fingerprint density at radius 1 is 1.18 bits per heavy atom. The van der Waals surface area contributed by atoms with Crippen LogP contribution in [-0.2, 0) is 14.4 Å². The maximum atomic E-state index is 12.3. The quantitative estimate of drug-likeness (QED) is 0.707. The maximum absolute atomic E-state index is 12.3. The lowest BCUT2D eigenvalue weighted by Gasteiger charge is -2.31. The van der Waals surface area contributed by atoms with E-state index in [1.54, 1.807) is 20.8 Å². The molecule has 2 bridgehead atoms. The van der Waals surface area contributed by atoms with E-state index >= 15 is 0 Å². The Kier molecular flexibility index (Phi) is 2.05. The number of hydrogen-bond donors (Lipinski definition) is 2. The molecule has 0 aliphatic heterocycles. The van der Waals surface area contributed by atoms with Gasteiger partial charge in [0, 0.05) is 5.41 Å². The van der Waals surface area contributed by atoms with Gasteiger partial charge in [-0.3, -0.25) is 14.4 Å². The number of carbonyl (C=O) groups is 3. The summed E-state index contributed by atoms with van der Waals surface area (Å²) in [6.45, 7) is 5.30. The van der Waals surface area contributed by atoms with Crippen molar-refractivity contribution in [2.24, 2.45) is 22.2 Å². The van der Waals surface area contributed by atoms with Gasteiger partial charge in [-0.05, 0) is 24.2 Å². The molecule has 2 atom stereocenters. The summed E-state index contributed by atoms with van der Waals surface area (Å²) in [6, 6.07) is 0. The minimum atomic E-state index is -2.24. The monoisotopic (exact) mass is 240 g/mol. The minimum Gasteiger partial charge on any atom is -0.480 e. The molecule has 2 saturated carbocycles. The van der Waals surface area contributed by atoms with Gasteiger partial charge in [-0.2, -0.15) is 0 Å². The van der Waals surface area contributed by atoms with Crippen LogP contribution in [-0.4, -0.2) is 27.9 Å². The van der Waals surface area contributed by atoms with Crippen molar-refractivity contribution in [3.63, 3.8) is 0 Å². The normalized spacial score (nSPS) is 37.1.